The standard InChI is InChI=1S/C19H26F2N2O.ClH/c20-16-8-4-9-17(21)15(16)12-23(14-6-1-2-7-14)19(24)11-13-5-3-10-18(13)22;/h4,8-9,13-14,18H,1-3,5-7,10-12,22H2;1H/t13-,18+;/m0./s1. The van der Waals surface area contributed by atoms with E-state index in [2.05, 4.69) is 0 Å². The zero-order valence-corrected chi connectivity index (χ0v) is 15.2. The van der Waals surface area contributed by atoms with Crippen LogP contribution in [0.1, 0.15) is 56.9 Å². The Morgan fingerprint density at radius 1 is 1.08 bits per heavy atom. The van der Waals surface area contributed by atoms with Crippen LogP contribution in [-0.2, 0) is 11.3 Å². The number of hydrogen-bond acceptors (Lipinski definition) is 2. The first-order chi connectivity index (χ1) is 11.6. The number of amides is 1. The maximum absolute atomic E-state index is 14.0. The second-order valence-electron chi connectivity index (χ2n) is 7.22. The number of benzene rings is 1. The van der Waals surface area contributed by atoms with E-state index in [-0.39, 0.29) is 48.4 Å². The van der Waals surface area contributed by atoms with E-state index in [0.29, 0.717) is 6.42 Å². The fourth-order valence-electron chi connectivity index (χ4n) is 4.15. The molecule has 2 fully saturated rings. The van der Waals surface area contributed by atoms with Gasteiger partial charge in [0.2, 0.25) is 5.91 Å². The predicted molar refractivity (Wildman–Crippen MR) is 96.3 cm³/mol. The highest BCUT2D eigenvalue weighted by Gasteiger charge is 2.32. The van der Waals surface area contributed by atoms with Crippen LogP contribution in [0.4, 0.5) is 8.78 Å². The van der Waals surface area contributed by atoms with Gasteiger partial charge in [0.15, 0.2) is 0 Å². The Bertz CT molecular complexity index is 573. The van der Waals surface area contributed by atoms with Gasteiger partial charge in [0.25, 0.3) is 0 Å². The molecule has 0 spiro atoms. The molecular weight excluding hydrogens is 346 g/mol. The highest BCUT2D eigenvalue weighted by Crippen LogP contribution is 2.31. The Morgan fingerprint density at radius 3 is 2.28 bits per heavy atom. The van der Waals surface area contributed by atoms with E-state index >= 15 is 0 Å². The van der Waals surface area contributed by atoms with E-state index in [4.69, 9.17) is 5.73 Å². The van der Waals surface area contributed by atoms with E-state index in [1.165, 1.54) is 18.2 Å². The Hall–Kier alpha value is -1.20. The largest absolute Gasteiger partial charge is 0.335 e. The van der Waals surface area contributed by atoms with Crippen LogP contribution in [0.15, 0.2) is 18.2 Å². The molecule has 3 rings (SSSR count). The lowest BCUT2D eigenvalue weighted by molar-refractivity contribution is -0.135. The molecule has 2 atom stereocenters. The van der Waals surface area contributed by atoms with Crippen molar-refractivity contribution in [3.63, 3.8) is 0 Å². The van der Waals surface area contributed by atoms with Gasteiger partial charge in [-0.3, -0.25) is 4.79 Å². The van der Waals surface area contributed by atoms with Gasteiger partial charge in [0.1, 0.15) is 11.6 Å². The Labute approximate surface area is 154 Å². The van der Waals surface area contributed by atoms with Crippen molar-refractivity contribution in [3.05, 3.63) is 35.4 Å². The summed E-state index contributed by atoms with van der Waals surface area (Å²) in [4.78, 5) is 14.6. The number of nitrogens with zero attached hydrogens (tertiary/aromatic N) is 1. The second-order valence-corrected chi connectivity index (χ2v) is 7.22. The van der Waals surface area contributed by atoms with Crippen LogP contribution in [0, 0.1) is 17.6 Å². The minimum Gasteiger partial charge on any atom is -0.335 e. The van der Waals surface area contributed by atoms with E-state index in [1.54, 1.807) is 4.90 Å². The molecule has 0 heterocycles. The molecule has 1 amide bonds. The molecule has 1 aromatic rings. The van der Waals surface area contributed by atoms with Gasteiger partial charge in [0.05, 0.1) is 6.54 Å². The van der Waals surface area contributed by atoms with Gasteiger partial charge >= 0.3 is 0 Å². The Balaban J connectivity index is 0.00000225. The van der Waals surface area contributed by atoms with Crippen LogP contribution in [0.3, 0.4) is 0 Å². The van der Waals surface area contributed by atoms with Crippen molar-refractivity contribution in [2.75, 3.05) is 0 Å². The topological polar surface area (TPSA) is 46.3 Å². The summed E-state index contributed by atoms with van der Waals surface area (Å²) in [6.07, 6.45) is 7.35. The van der Waals surface area contributed by atoms with Gasteiger partial charge in [-0.05, 0) is 43.7 Å². The highest BCUT2D eigenvalue weighted by atomic mass is 35.5. The summed E-state index contributed by atoms with van der Waals surface area (Å²) in [5.41, 5.74) is 6.08. The molecular formula is C19H27ClF2N2O. The Kier molecular flexibility index (Phi) is 7.20. The molecule has 2 N–H and O–H groups in total. The first-order valence-electron chi connectivity index (χ1n) is 9.04. The quantitative estimate of drug-likeness (QED) is 0.842. The van der Waals surface area contributed by atoms with Crippen molar-refractivity contribution in [2.45, 2.75) is 70.0 Å². The third-order valence-corrected chi connectivity index (χ3v) is 5.63. The van der Waals surface area contributed by atoms with Gasteiger partial charge in [-0.25, -0.2) is 8.78 Å². The summed E-state index contributed by atoms with van der Waals surface area (Å²) in [6.45, 7) is 0.0178. The maximum atomic E-state index is 14.0. The molecule has 0 saturated heterocycles. The molecule has 0 aromatic heterocycles. The fourth-order valence-corrected chi connectivity index (χ4v) is 4.15. The summed E-state index contributed by atoms with van der Waals surface area (Å²) < 4.78 is 28.1. The normalized spacial score (nSPS) is 23.5. The molecule has 140 valence electrons. The molecule has 1 aromatic carbocycles. The van der Waals surface area contributed by atoms with Crippen LogP contribution in [0.5, 0.6) is 0 Å². The summed E-state index contributed by atoms with van der Waals surface area (Å²) >= 11 is 0. The molecule has 2 saturated carbocycles. The third-order valence-electron chi connectivity index (χ3n) is 5.63. The number of carbonyl (C=O) groups is 1. The number of carbonyl (C=O) groups excluding carboxylic acids is 1. The van der Waals surface area contributed by atoms with Crippen LogP contribution >= 0.6 is 12.4 Å². The first-order valence-corrected chi connectivity index (χ1v) is 9.04. The summed E-state index contributed by atoms with van der Waals surface area (Å²) in [5.74, 6) is -0.967. The van der Waals surface area contributed by atoms with Crippen molar-refractivity contribution in [2.24, 2.45) is 11.7 Å². The van der Waals surface area contributed by atoms with Crippen LogP contribution in [0.25, 0.3) is 0 Å². The molecule has 25 heavy (non-hydrogen) atoms. The molecule has 2 aliphatic carbocycles. The summed E-state index contributed by atoms with van der Waals surface area (Å²) in [6, 6.07) is 4.03. The van der Waals surface area contributed by atoms with E-state index < -0.39 is 11.6 Å². The summed E-state index contributed by atoms with van der Waals surface area (Å²) in [5, 5.41) is 0. The average molecular weight is 373 g/mol. The van der Waals surface area contributed by atoms with Crippen molar-refractivity contribution >= 4 is 18.3 Å². The van der Waals surface area contributed by atoms with Gasteiger partial charge in [0, 0.05) is 24.1 Å². The lowest BCUT2D eigenvalue weighted by Gasteiger charge is -2.31. The maximum Gasteiger partial charge on any atom is 0.223 e. The van der Waals surface area contributed by atoms with E-state index in [9.17, 15) is 13.6 Å². The number of hydrogen-bond donors (Lipinski definition) is 1. The van der Waals surface area contributed by atoms with Crippen molar-refractivity contribution in [1.29, 1.82) is 0 Å². The minimum absolute atomic E-state index is 0. The van der Waals surface area contributed by atoms with Crippen molar-refractivity contribution < 1.29 is 13.6 Å². The first kappa shape index (κ1) is 20.1. The van der Waals surface area contributed by atoms with Crippen LogP contribution in [0.2, 0.25) is 0 Å². The van der Waals surface area contributed by atoms with E-state index in [0.717, 1.165) is 44.9 Å². The zero-order valence-electron chi connectivity index (χ0n) is 14.4. The smallest absolute Gasteiger partial charge is 0.223 e. The molecule has 3 nitrogen and oxygen atoms in total. The lowest BCUT2D eigenvalue weighted by atomic mass is 9.98. The molecule has 0 bridgehead atoms. The number of nitrogens with two attached hydrogens (primary N) is 1. The summed E-state index contributed by atoms with van der Waals surface area (Å²) in [7, 11) is 0. The van der Waals surface area contributed by atoms with Gasteiger partial charge < -0.3 is 10.6 Å². The van der Waals surface area contributed by atoms with Crippen LogP contribution in [-0.4, -0.2) is 22.9 Å². The zero-order chi connectivity index (χ0) is 17.1. The lowest BCUT2D eigenvalue weighted by Crippen LogP contribution is -2.41. The molecule has 2 aliphatic rings. The minimum atomic E-state index is -0.580. The molecule has 0 radical (unpaired) electrons. The molecule has 6 heteroatoms. The van der Waals surface area contributed by atoms with Gasteiger partial charge in [-0.15, -0.1) is 12.4 Å². The van der Waals surface area contributed by atoms with Crippen LogP contribution < -0.4 is 5.73 Å². The number of halogens is 3. The molecule has 0 aliphatic heterocycles. The molecule has 0 unspecified atom stereocenters. The second kappa shape index (κ2) is 8.95. The third kappa shape index (κ3) is 4.70. The van der Waals surface area contributed by atoms with Gasteiger partial charge in [-0.1, -0.05) is 25.3 Å². The van der Waals surface area contributed by atoms with Crippen molar-refractivity contribution in [1.82, 2.24) is 4.90 Å². The van der Waals surface area contributed by atoms with E-state index in [1.807, 2.05) is 0 Å². The van der Waals surface area contributed by atoms with Crippen molar-refractivity contribution in [3.8, 4) is 0 Å². The fraction of sp³-hybridized carbons (Fsp3) is 0.632. The van der Waals surface area contributed by atoms with Gasteiger partial charge in [-0.2, -0.15) is 0 Å². The SMILES string of the molecule is Cl.N[C@@H]1CCC[C@H]1CC(=O)N(Cc1c(F)cccc1F)C1CCCC1. The highest BCUT2D eigenvalue weighted by molar-refractivity contribution is 5.85. The Morgan fingerprint density at radius 2 is 1.72 bits per heavy atom. The average Bonchev–Trinajstić information content (AvgIpc) is 3.20. The number of rotatable bonds is 5. The predicted octanol–water partition coefficient (Wildman–Crippen LogP) is 4.18. The monoisotopic (exact) mass is 372 g/mol.